The Kier molecular flexibility index (Phi) is 4.25. The van der Waals surface area contributed by atoms with E-state index in [-0.39, 0.29) is 5.91 Å². The molecule has 0 spiro atoms. The van der Waals surface area contributed by atoms with Crippen molar-refractivity contribution in [2.45, 2.75) is 13.5 Å². The van der Waals surface area contributed by atoms with E-state index >= 15 is 0 Å². The van der Waals surface area contributed by atoms with Gasteiger partial charge in [0.1, 0.15) is 11.5 Å². The Labute approximate surface area is 109 Å². The minimum atomic E-state index is -0.214. The largest absolute Gasteiger partial charge is 0.369 e. The van der Waals surface area contributed by atoms with E-state index in [0.717, 1.165) is 12.1 Å². The quantitative estimate of drug-likeness (QED) is 0.863. The summed E-state index contributed by atoms with van der Waals surface area (Å²) >= 11 is 1.61. The second-order valence-electron chi connectivity index (χ2n) is 3.63. The smallest absolute Gasteiger partial charge is 0.271 e. The third kappa shape index (κ3) is 3.27. The molecule has 1 amide bonds. The average molecular weight is 262 g/mol. The predicted molar refractivity (Wildman–Crippen MR) is 71.7 cm³/mol. The van der Waals surface area contributed by atoms with Gasteiger partial charge >= 0.3 is 0 Å². The maximum Gasteiger partial charge on any atom is 0.271 e. The molecule has 0 aliphatic rings. The Balaban J connectivity index is 1.97. The lowest BCUT2D eigenvalue weighted by molar-refractivity contribution is 0.0945. The van der Waals surface area contributed by atoms with Crippen molar-refractivity contribution in [1.29, 1.82) is 0 Å². The van der Waals surface area contributed by atoms with Crippen LogP contribution in [0, 0.1) is 0 Å². The number of carbonyl (C=O) groups excluding carboxylic acids is 1. The highest BCUT2D eigenvalue weighted by atomic mass is 32.1. The monoisotopic (exact) mass is 262 g/mol. The Hall–Kier alpha value is -1.95. The number of carbonyl (C=O) groups is 1. The lowest BCUT2D eigenvalue weighted by Crippen LogP contribution is -2.24. The van der Waals surface area contributed by atoms with E-state index in [2.05, 4.69) is 20.6 Å². The van der Waals surface area contributed by atoms with Crippen LogP contribution in [-0.4, -0.2) is 22.4 Å². The second-order valence-corrected chi connectivity index (χ2v) is 4.41. The van der Waals surface area contributed by atoms with Crippen LogP contribution in [0.2, 0.25) is 0 Å². The standard InChI is InChI=1S/C12H14N4OS/c1-2-14-11-7-13-6-10(16-11)12(17)15-5-9-3-4-18-8-9/h3-4,6-8H,2,5H2,1H3,(H,14,16)(H,15,17). The fourth-order valence-electron chi connectivity index (χ4n) is 1.41. The topological polar surface area (TPSA) is 66.9 Å². The molecule has 5 nitrogen and oxygen atoms in total. The fraction of sp³-hybridized carbons (Fsp3) is 0.250. The van der Waals surface area contributed by atoms with E-state index < -0.39 is 0 Å². The highest BCUT2D eigenvalue weighted by molar-refractivity contribution is 7.07. The number of aromatic nitrogens is 2. The molecular formula is C12H14N4OS. The van der Waals surface area contributed by atoms with Gasteiger partial charge in [0.15, 0.2) is 0 Å². The van der Waals surface area contributed by atoms with Crippen LogP contribution >= 0.6 is 11.3 Å². The molecule has 0 aliphatic carbocycles. The van der Waals surface area contributed by atoms with Crippen LogP contribution < -0.4 is 10.6 Å². The SMILES string of the molecule is CCNc1cncc(C(=O)NCc2ccsc2)n1. The molecule has 2 N–H and O–H groups in total. The van der Waals surface area contributed by atoms with Crippen LogP contribution in [0.3, 0.4) is 0 Å². The molecule has 0 saturated heterocycles. The minimum Gasteiger partial charge on any atom is -0.369 e. The van der Waals surface area contributed by atoms with Gasteiger partial charge in [-0.3, -0.25) is 9.78 Å². The van der Waals surface area contributed by atoms with E-state index in [1.165, 1.54) is 6.20 Å². The molecule has 0 fully saturated rings. The van der Waals surface area contributed by atoms with Crippen molar-refractivity contribution in [3.63, 3.8) is 0 Å². The Morgan fingerprint density at radius 1 is 1.44 bits per heavy atom. The summed E-state index contributed by atoms with van der Waals surface area (Å²) in [5.74, 6) is 0.397. The van der Waals surface area contributed by atoms with Gasteiger partial charge in [0.25, 0.3) is 5.91 Å². The molecule has 2 heterocycles. The zero-order chi connectivity index (χ0) is 12.8. The second kappa shape index (κ2) is 6.11. The number of nitrogens with one attached hydrogen (secondary N) is 2. The van der Waals surface area contributed by atoms with Gasteiger partial charge in [-0.25, -0.2) is 4.98 Å². The average Bonchev–Trinajstić information content (AvgIpc) is 2.90. The van der Waals surface area contributed by atoms with E-state index in [1.54, 1.807) is 17.5 Å². The summed E-state index contributed by atoms with van der Waals surface area (Å²) in [4.78, 5) is 20.0. The van der Waals surface area contributed by atoms with Crippen molar-refractivity contribution in [2.24, 2.45) is 0 Å². The summed E-state index contributed by atoms with van der Waals surface area (Å²) in [6.45, 7) is 3.22. The third-order valence-electron chi connectivity index (χ3n) is 2.26. The van der Waals surface area contributed by atoms with Crippen molar-refractivity contribution in [2.75, 3.05) is 11.9 Å². The van der Waals surface area contributed by atoms with E-state index in [4.69, 9.17) is 0 Å². The van der Waals surface area contributed by atoms with Crippen molar-refractivity contribution in [1.82, 2.24) is 15.3 Å². The minimum absolute atomic E-state index is 0.214. The van der Waals surface area contributed by atoms with Crippen molar-refractivity contribution in [3.05, 3.63) is 40.5 Å². The van der Waals surface area contributed by atoms with Gasteiger partial charge in [-0.15, -0.1) is 0 Å². The summed E-state index contributed by atoms with van der Waals surface area (Å²) in [5.41, 5.74) is 1.41. The number of rotatable bonds is 5. The van der Waals surface area contributed by atoms with Crippen LogP contribution in [0.1, 0.15) is 23.0 Å². The highest BCUT2D eigenvalue weighted by Crippen LogP contribution is 2.06. The van der Waals surface area contributed by atoms with Gasteiger partial charge in [0.05, 0.1) is 12.4 Å². The lowest BCUT2D eigenvalue weighted by Gasteiger charge is -2.05. The number of anilines is 1. The Bertz CT molecular complexity index is 513. The van der Waals surface area contributed by atoms with Crippen LogP contribution in [-0.2, 0) is 6.54 Å². The van der Waals surface area contributed by atoms with E-state index in [0.29, 0.717) is 18.1 Å². The van der Waals surface area contributed by atoms with Gasteiger partial charge in [-0.2, -0.15) is 11.3 Å². The number of thiophene rings is 1. The molecule has 0 aromatic carbocycles. The maximum atomic E-state index is 11.9. The molecule has 2 aromatic rings. The molecule has 94 valence electrons. The number of hydrogen-bond donors (Lipinski definition) is 2. The molecule has 0 radical (unpaired) electrons. The van der Waals surface area contributed by atoms with Gasteiger partial charge < -0.3 is 10.6 Å². The first kappa shape index (κ1) is 12.5. The normalized spacial score (nSPS) is 10.1. The summed E-state index contributed by atoms with van der Waals surface area (Å²) in [5, 5.41) is 9.81. The van der Waals surface area contributed by atoms with Crippen molar-refractivity contribution in [3.8, 4) is 0 Å². The van der Waals surface area contributed by atoms with Crippen molar-refractivity contribution < 1.29 is 4.79 Å². The molecule has 6 heteroatoms. The Morgan fingerprint density at radius 3 is 3.06 bits per heavy atom. The zero-order valence-electron chi connectivity index (χ0n) is 10.0. The molecule has 0 unspecified atom stereocenters. The fourth-order valence-corrected chi connectivity index (χ4v) is 2.08. The predicted octanol–water partition coefficient (Wildman–Crippen LogP) is 1.90. The van der Waals surface area contributed by atoms with Gasteiger partial charge in [-0.1, -0.05) is 0 Å². The summed E-state index contributed by atoms with van der Waals surface area (Å²) in [6.07, 6.45) is 3.06. The summed E-state index contributed by atoms with van der Waals surface area (Å²) < 4.78 is 0. The maximum absolute atomic E-state index is 11.9. The van der Waals surface area contributed by atoms with Crippen LogP contribution in [0.5, 0.6) is 0 Å². The van der Waals surface area contributed by atoms with Gasteiger partial charge in [0, 0.05) is 13.1 Å². The van der Waals surface area contributed by atoms with Crippen LogP contribution in [0.15, 0.2) is 29.2 Å². The molecule has 0 atom stereocenters. The Morgan fingerprint density at radius 2 is 2.33 bits per heavy atom. The summed E-state index contributed by atoms with van der Waals surface area (Å²) in [6, 6.07) is 1.98. The van der Waals surface area contributed by atoms with E-state index in [9.17, 15) is 4.79 Å². The molecule has 0 saturated carbocycles. The molecule has 2 aromatic heterocycles. The first-order valence-electron chi connectivity index (χ1n) is 5.64. The number of amides is 1. The first-order chi connectivity index (χ1) is 8.79. The first-order valence-corrected chi connectivity index (χ1v) is 6.59. The number of nitrogens with zero attached hydrogens (tertiary/aromatic N) is 2. The molecule has 2 rings (SSSR count). The zero-order valence-corrected chi connectivity index (χ0v) is 10.8. The lowest BCUT2D eigenvalue weighted by atomic mass is 10.3. The van der Waals surface area contributed by atoms with Crippen LogP contribution in [0.25, 0.3) is 0 Å². The molecular weight excluding hydrogens is 248 g/mol. The van der Waals surface area contributed by atoms with Gasteiger partial charge in [0.2, 0.25) is 0 Å². The molecule has 0 bridgehead atoms. The van der Waals surface area contributed by atoms with Crippen molar-refractivity contribution >= 4 is 23.1 Å². The number of hydrogen-bond acceptors (Lipinski definition) is 5. The third-order valence-corrected chi connectivity index (χ3v) is 2.99. The highest BCUT2D eigenvalue weighted by Gasteiger charge is 2.08. The van der Waals surface area contributed by atoms with Gasteiger partial charge in [-0.05, 0) is 29.3 Å². The van der Waals surface area contributed by atoms with E-state index in [1.807, 2.05) is 23.8 Å². The molecule has 0 aliphatic heterocycles. The van der Waals surface area contributed by atoms with Crippen LogP contribution in [0.4, 0.5) is 5.82 Å². The summed E-state index contributed by atoms with van der Waals surface area (Å²) in [7, 11) is 0. The molecule has 18 heavy (non-hydrogen) atoms.